The SMILES string of the molecule is NC(=O)c1cc(NC(=O)Cc2csc(N)n2)ccc1Cl. The molecule has 8 heteroatoms. The average Bonchev–Trinajstić information content (AvgIpc) is 2.76. The van der Waals surface area contributed by atoms with Crippen molar-refractivity contribution in [1.29, 1.82) is 0 Å². The molecule has 0 saturated heterocycles. The first kappa shape index (κ1) is 14.3. The molecule has 0 radical (unpaired) electrons. The topological polar surface area (TPSA) is 111 Å². The third-order valence-electron chi connectivity index (χ3n) is 2.43. The van der Waals surface area contributed by atoms with E-state index in [0.717, 1.165) is 0 Å². The van der Waals surface area contributed by atoms with Crippen LogP contribution >= 0.6 is 22.9 Å². The van der Waals surface area contributed by atoms with E-state index in [1.54, 1.807) is 11.4 Å². The van der Waals surface area contributed by atoms with Gasteiger partial charge < -0.3 is 16.8 Å². The highest BCUT2D eigenvalue weighted by Gasteiger charge is 2.11. The Morgan fingerprint density at radius 3 is 2.75 bits per heavy atom. The molecule has 0 unspecified atom stereocenters. The van der Waals surface area contributed by atoms with Crippen molar-refractivity contribution >= 4 is 45.6 Å². The Balaban J connectivity index is 2.08. The van der Waals surface area contributed by atoms with E-state index >= 15 is 0 Å². The van der Waals surface area contributed by atoms with Crippen LogP contribution in [0.15, 0.2) is 23.6 Å². The van der Waals surface area contributed by atoms with Gasteiger partial charge in [-0.1, -0.05) is 11.6 Å². The Hall–Kier alpha value is -2.12. The molecule has 1 aromatic carbocycles. The van der Waals surface area contributed by atoms with Crippen molar-refractivity contribution in [3.63, 3.8) is 0 Å². The molecule has 0 spiro atoms. The summed E-state index contributed by atoms with van der Waals surface area (Å²) in [6.07, 6.45) is 0.0994. The second-order valence-corrected chi connectivity index (χ2v) is 5.26. The number of amides is 2. The van der Waals surface area contributed by atoms with E-state index in [1.165, 1.54) is 23.5 Å². The number of nitrogens with two attached hydrogens (primary N) is 2. The molecule has 1 aromatic heterocycles. The van der Waals surface area contributed by atoms with Gasteiger partial charge in [0.2, 0.25) is 11.8 Å². The second-order valence-electron chi connectivity index (χ2n) is 3.96. The lowest BCUT2D eigenvalue weighted by Gasteiger charge is -2.06. The van der Waals surface area contributed by atoms with E-state index in [0.29, 0.717) is 16.5 Å². The van der Waals surface area contributed by atoms with Crippen molar-refractivity contribution in [1.82, 2.24) is 4.98 Å². The lowest BCUT2D eigenvalue weighted by atomic mass is 10.2. The van der Waals surface area contributed by atoms with Gasteiger partial charge in [0.1, 0.15) is 0 Å². The number of carbonyl (C=O) groups is 2. The summed E-state index contributed by atoms with van der Waals surface area (Å²) in [7, 11) is 0. The maximum atomic E-state index is 11.8. The van der Waals surface area contributed by atoms with Gasteiger partial charge in [-0.2, -0.15) is 0 Å². The van der Waals surface area contributed by atoms with E-state index < -0.39 is 5.91 Å². The van der Waals surface area contributed by atoms with Crippen molar-refractivity contribution in [3.8, 4) is 0 Å². The number of hydrogen-bond acceptors (Lipinski definition) is 5. The predicted molar refractivity (Wildman–Crippen MR) is 78.8 cm³/mol. The van der Waals surface area contributed by atoms with Crippen LogP contribution in [0.3, 0.4) is 0 Å². The molecule has 2 aromatic rings. The summed E-state index contributed by atoms with van der Waals surface area (Å²) >= 11 is 7.09. The number of primary amides is 1. The van der Waals surface area contributed by atoms with Crippen molar-refractivity contribution in [3.05, 3.63) is 39.9 Å². The molecule has 5 N–H and O–H groups in total. The standard InChI is InChI=1S/C12H11ClN4O2S/c13-9-2-1-6(3-8(9)11(14)19)16-10(18)4-7-5-20-12(15)17-7/h1-3,5H,4H2,(H2,14,19)(H2,15,17)(H,16,18). The van der Waals surface area contributed by atoms with Crippen molar-refractivity contribution in [2.45, 2.75) is 6.42 Å². The van der Waals surface area contributed by atoms with Gasteiger partial charge in [-0.25, -0.2) is 4.98 Å². The maximum absolute atomic E-state index is 11.8. The molecule has 0 bridgehead atoms. The fourth-order valence-corrected chi connectivity index (χ4v) is 2.34. The zero-order valence-corrected chi connectivity index (χ0v) is 11.8. The van der Waals surface area contributed by atoms with Gasteiger partial charge in [-0.15, -0.1) is 11.3 Å². The summed E-state index contributed by atoms with van der Waals surface area (Å²) < 4.78 is 0. The molecule has 104 valence electrons. The summed E-state index contributed by atoms with van der Waals surface area (Å²) in [5, 5.41) is 5.01. The molecular weight excluding hydrogens is 300 g/mol. The molecule has 0 aliphatic rings. The summed E-state index contributed by atoms with van der Waals surface area (Å²) in [6.45, 7) is 0. The third-order valence-corrected chi connectivity index (χ3v) is 3.48. The smallest absolute Gasteiger partial charge is 0.250 e. The van der Waals surface area contributed by atoms with Crippen LogP contribution in [0, 0.1) is 0 Å². The van der Waals surface area contributed by atoms with E-state index in [1.807, 2.05) is 0 Å². The number of thiazole rings is 1. The van der Waals surface area contributed by atoms with E-state index in [4.69, 9.17) is 23.1 Å². The van der Waals surface area contributed by atoms with Crippen LogP contribution in [0.25, 0.3) is 0 Å². The number of carbonyl (C=O) groups excluding carboxylic acids is 2. The number of anilines is 2. The minimum atomic E-state index is -0.654. The van der Waals surface area contributed by atoms with Crippen molar-refractivity contribution in [2.24, 2.45) is 5.73 Å². The van der Waals surface area contributed by atoms with Gasteiger partial charge in [-0.3, -0.25) is 9.59 Å². The van der Waals surface area contributed by atoms with Gasteiger partial charge >= 0.3 is 0 Å². The zero-order chi connectivity index (χ0) is 14.7. The van der Waals surface area contributed by atoms with Gasteiger partial charge in [0.25, 0.3) is 0 Å². The monoisotopic (exact) mass is 310 g/mol. The molecule has 0 saturated carbocycles. The highest BCUT2D eigenvalue weighted by molar-refractivity contribution is 7.13. The lowest BCUT2D eigenvalue weighted by Crippen LogP contribution is -2.16. The normalized spacial score (nSPS) is 10.2. The quantitative estimate of drug-likeness (QED) is 0.797. The predicted octanol–water partition coefficient (Wildman–Crippen LogP) is 1.66. The highest BCUT2D eigenvalue weighted by Crippen LogP contribution is 2.20. The van der Waals surface area contributed by atoms with Crippen LogP contribution in [0.5, 0.6) is 0 Å². The summed E-state index contributed by atoms with van der Waals surface area (Å²) in [4.78, 5) is 27.0. The van der Waals surface area contributed by atoms with Crippen molar-refractivity contribution < 1.29 is 9.59 Å². The number of nitrogen functional groups attached to an aromatic ring is 1. The molecule has 2 rings (SSSR count). The third kappa shape index (κ3) is 3.46. The van der Waals surface area contributed by atoms with Crippen LogP contribution in [-0.2, 0) is 11.2 Å². The van der Waals surface area contributed by atoms with Crippen LogP contribution in [0.2, 0.25) is 5.02 Å². The first-order valence-electron chi connectivity index (χ1n) is 5.55. The fraction of sp³-hybridized carbons (Fsp3) is 0.0833. The zero-order valence-electron chi connectivity index (χ0n) is 10.2. The summed E-state index contributed by atoms with van der Waals surface area (Å²) in [6, 6.07) is 4.51. The Bertz CT molecular complexity index is 671. The molecule has 6 nitrogen and oxygen atoms in total. The number of nitrogens with zero attached hydrogens (tertiary/aromatic N) is 1. The summed E-state index contributed by atoms with van der Waals surface area (Å²) in [5.41, 5.74) is 11.9. The minimum Gasteiger partial charge on any atom is -0.375 e. The van der Waals surface area contributed by atoms with Crippen molar-refractivity contribution in [2.75, 3.05) is 11.1 Å². The van der Waals surface area contributed by atoms with Crippen LogP contribution in [0.4, 0.5) is 10.8 Å². The van der Waals surface area contributed by atoms with Crippen LogP contribution in [0.1, 0.15) is 16.1 Å². The fourth-order valence-electron chi connectivity index (χ4n) is 1.57. The van der Waals surface area contributed by atoms with Gasteiger partial charge in [0.15, 0.2) is 5.13 Å². The first-order chi connectivity index (χ1) is 9.45. The maximum Gasteiger partial charge on any atom is 0.250 e. The number of nitrogens with one attached hydrogen (secondary N) is 1. The number of hydrogen-bond donors (Lipinski definition) is 3. The molecular formula is C12H11ClN4O2S. The van der Waals surface area contributed by atoms with E-state index in [-0.39, 0.29) is 22.9 Å². The van der Waals surface area contributed by atoms with Gasteiger partial charge in [0, 0.05) is 11.1 Å². The number of aromatic nitrogens is 1. The Kier molecular flexibility index (Phi) is 4.21. The van der Waals surface area contributed by atoms with Gasteiger partial charge in [0.05, 0.1) is 22.7 Å². The lowest BCUT2D eigenvalue weighted by molar-refractivity contribution is -0.115. The molecule has 0 aliphatic heterocycles. The first-order valence-corrected chi connectivity index (χ1v) is 6.80. The summed E-state index contributed by atoms with van der Waals surface area (Å²) in [5.74, 6) is -0.925. The Labute approximate surface area is 123 Å². The highest BCUT2D eigenvalue weighted by atomic mass is 35.5. The second kappa shape index (κ2) is 5.89. The molecule has 20 heavy (non-hydrogen) atoms. The molecule has 0 fully saturated rings. The number of halogens is 1. The van der Waals surface area contributed by atoms with E-state index in [2.05, 4.69) is 10.3 Å². The largest absolute Gasteiger partial charge is 0.375 e. The number of benzene rings is 1. The molecule has 0 aliphatic carbocycles. The van der Waals surface area contributed by atoms with Gasteiger partial charge in [-0.05, 0) is 18.2 Å². The minimum absolute atomic E-state index is 0.0994. The Morgan fingerprint density at radius 2 is 2.15 bits per heavy atom. The molecule has 1 heterocycles. The number of rotatable bonds is 4. The van der Waals surface area contributed by atoms with Crippen LogP contribution < -0.4 is 16.8 Å². The van der Waals surface area contributed by atoms with Crippen LogP contribution in [-0.4, -0.2) is 16.8 Å². The average molecular weight is 311 g/mol. The Morgan fingerprint density at radius 1 is 1.40 bits per heavy atom. The van der Waals surface area contributed by atoms with E-state index in [9.17, 15) is 9.59 Å². The molecule has 2 amide bonds. The molecule has 0 atom stereocenters.